The predicted octanol–water partition coefficient (Wildman–Crippen LogP) is 2.62. The second-order valence-corrected chi connectivity index (χ2v) is 3.29. The van der Waals surface area contributed by atoms with Crippen molar-refractivity contribution in [1.82, 2.24) is 10.2 Å². The minimum absolute atomic E-state index is 0.293. The van der Waals surface area contributed by atoms with Crippen LogP contribution in [-0.4, -0.2) is 17.3 Å². The number of benzene rings is 1. The highest BCUT2D eigenvalue weighted by Crippen LogP contribution is 2.31. The highest BCUT2D eigenvalue weighted by Gasteiger charge is 2.14. The molecule has 0 saturated heterocycles. The minimum atomic E-state index is 0.293. The Hall–Kier alpha value is -2.01. The minimum Gasteiger partial charge on any atom is -0.378 e. The molecule has 0 atom stereocenters. The number of aromatic amines is 1. The van der Waals surface area contributed by atoms with Gasteiger partial charge in [-0.3, -0.25) is 5.10 Å². The zero-order valence-electron chi connectivity index (χ0n) is 8.80. The third kappa shape index (κ3) is 1.85. The van der Waals surface area contributed by atoms with Crippen LogP contribution >= 0.6 is 0 Å². The fourth-order valence-corrected chi connectivity index (χ4v) is 1.51. The Labute approximate surface area is 92.4 Å². The van der Waals surface area contributed by atoms with Crippen molar-refractivity contribution in [3.63, 3.8) is 0 Å². The van der Waals surface area contributed by atoms with Crippen molar-refractivity contribution >= 4 is 5.69 Å². The van der Waals surface area contributed by atoms with E-state index >= 15 is 0 Å². The third-order valence-electron chi connectivity index (χ3n) is 2.24. The van der Waals surface area contributed by atoms with Crippen molar-refractivity contribution in [3.8, 4) is 11.3 Å². The van der Waals surface area contributed by atoms with Crippen molar-refractivity contribution in [2.45, 2.75) is 6.61 Å². The monoisotopic (exact) mass is 217 g/mol. The van der Waals surface area contributed by atoms with E-state index in [1.165, 1.54) is 0 Å². The van der Waals surface area contributed by atoms with Crippen LogP contribution in [-0.2, 0) is 11.3 Å². The first kappa shape index (κ1) is 10.5. The van der Waals surface area contributed by atoms with Crippen LogP contribution in [0.5, 0.6) is 0 Å². The van der Waals surface area contributed by atoms with Crippen LogP contribution in [0.25, 0.3) is 11.3 Å². The molecule has 5 nitrogen and oxygen atoms in total. The summed E-state index contributed by atoms with van der Waals surface area (Å²) >= 11 is 0. The molecule has 1 N–H and O–H groups in total. The molecule has 2 aromatic rings. The first-order valence-corrected chi connectivity index (χ1v) is 4.81. The third-order valence-corrected chi connectivity index (χ3v) is 2.24. The standard InChI is InChI=1S/C11H11N3O2/c1-16-7-9-11(14-15)10(13-12-9)8-5-3-2-4-6-8/h2-6H,7H2,1H3,(H,12,13). The van der Waals surface area contributed by atoms with Gasteiger partial charge in [-0.2, -0.15) is 5.10 Å². The molecule has 0 unspecified atom stereocenters. The number of nitrogens with zero attached hydrogens (tertiary/aromatic N) is 2. The molecule has 0 saturated carbocycles. The van der Waals surface area contributed by atoms with Crippen molar-refractivity contribution in [2.24, 2.45) is 5.18 Å². The average Bonchev–Trinajstić information content (AvgIpc) is 2.73. The molecule has 0 bridgehead atoms. The molecule has 0 aliphatic heterocycles. The van der Waals surface area contributed by atoms with Crippen molar-refractivity contribution in [3.05, 3.63) is 40.9 Å². The first-order chi connectivity index (χ1) is 7.86. The maximum absolute atomic E-state index is 10.8. The van der Waals surface area contributed by atoms with Crippen molar-refractivity contribution in [2.75, 3.05) is 7.11 Å². The molecule has 1 heterocycles. The summed E-state index contributed by atoms with van der Waals surface area (Å²) in [5.41, 5.74) is 2.32. The van der Waals surface area contributed by atoms with E-state index in [2.05, 4.69) is 15.4 Å². The van der Waals surface area contributed by atoms with Gasteiger partial charge in [-0.15, -0.1) is 4.91 Å². The van der Waals surface area contributed by atoms with Crippen LogP contribution in [0.2, 0.25) is 0 Å². The second kappa shape index (κ2) is 4.67. The van der Waals surface area contributed by atoms with Crippen molar-refractivity contribution in [1.29, 1.82) is 0 Å². The van der Waals surface area contributed by atoms with Crippen LogP contribution in [0.1, 0.15) is 5.69 Å². The second-order valence-electron chi connectivity index (χ2n) is 3.29. The lowest BCUT2D eigenvalue weighted by atomic mass is 10.1. The lowest BCUT2D eigenvalue weighted by Gasteiger charge is -1.97. The van der Waals surface area contributed by atoms with E-state index in [0.29, 0.717) is 23.7 Å². The van der Waals surface area contributed by atoms with Gasteiger partial charge in [0.2, 0.25) is 0 Å². The Morgan fingerprint density at radius 3 is 2.75 bits per heavy atom. The molecule has 0 spiro atoms. The normalized spacial score (nSPS) is 10.3. The molecule has 2 rings (SSSR count). The number of methoxy groups -OCH3 is 1. The molecule has 16 heavy (non-hydrogen) atoms. The summed E-state index contributed by atoms with van der Waals surface area (Å²) in [4.78, 5) is 10.8. The Kier molecular flexibility index (Phi) is 3.07. The van der Waals surface area contributed by atoms with Crippen LogP contribution in [0.3, 0.4) is 0 Å². The van der Waals surface area contributed by atoms with Crippen LogP contribution in [0, 0.1) is 4.91 Å². The molecule has 1 aromatic carbocycles. The molecule has 0 fully saturated rings. The number of nitrogens with one attached hydrogen (secondary N) is 1. The van der Waals surface area contributed by atoms with E-state index in [1.54, 1.807) is 7.11 Å². The van der Waals surface area contributed by atoms with E-state index in [-0.39, 0.29) is 0 Å². The molecule has 82 valence electrons. The van der Waals surface area contributed by atoms with Crippen LogP contribution in [0.15, 0.2) is 35.5 Å². The molecule has 5 heteroatoms. The lowest BCUT2D eigenvalue weighted by Crippen LogP contribution is -1.87. The smallest absolute Gasteiger partial charge is 0.159 e. The Morgan fingerprint density at radius 2 is 2.12 bits per heavy atom. The van der Waals surface area contributed by atoms with E-state index in [9.17, 15) is 4.91 Å². The molecular formula is C11H11N3O2. The first-order valence-electron chi connectivity index (χ1n) is 4.81. The van der Waals surface area contributed by atoms with Gasteiger partial charge in [0, 0.05) is 12.7 Å². The molecule has 0 amide bonds. The number of ether oxygens (including phenoxy) is 1. The van der Waals surface area contributed by atoms with E-state index in [1.807, 2.05) is 30.3 Å². The SMILES string of the molecule is COCc1[nH]nc(-c2ccccc2)c1N=O. The Morgan fingerprint density at radius 1 is 1.38 bits per heavy atom. The summed E-state index contributed by atoms with van der Waals surface area (Å²) in [5, 5.41) is 9.83. The molecule has 0 aliphatic carbocycles. The Bertz CT molecular complexity index is 479. The highest BCUT2D eigenvalue weighted by molar-refractivity contribution is 5.73. The molecule has 0 aliphatic rings. The van der Waals surface area contributed by atoms with Gasteiger partial charge < -0.3 is 4.74 Å². The number of rotatable bonds is 4. The zero-order valence-corrected chi connectivity index (χ0v) is 8.80. The lowest BCUT2D eigenvalue weighted by molar-refractivity contribution is 0.182. The number of nitroso groups, excluding NO2 is 1. The van der Waals surface area contributed by atoms with Crippen molar-refractivity contribution < 1.29 is 4.74 Å². The summed E-state index contributed by atoms with van der Waals surface area (Å²) in [6.07, 6.45) is 0. The quantitative estimate of drug-likeness (QED) is 0.800. The topological polar surface area (TPSA) is 67.3 Å². The van der Waals surface area contributed by atoms with Crippen LogP contribution in [0.4, 0.5) is 5.69 Å². The van der Waals surface area contributed by atoms with E-state index < -0.39 is 0 Å². The van der Waals surface area contributed by atoms with Gasteiger partial charge in [-0.05, 0) is 5.18 Å². The molecule has 0 radical (unpaired) electrons. The van der Waals surface area contributed by atoms with Gasteiger partial charge in [0.05, 0.1) is 12.3 Å². The van der Waals surface area contributed by atoms with Gasteiger partial charge in [0.1, 0.15) is 5.69 Å². The predicted molar refractivity (Wildman–Crippen MR) is 60.2 cm³/mol. The molecular weight excluding hydrogens is 206 g/mol. The van der Waals surface area contributed by atoms with Gasteiger partial charge >= 0.3 is 0 Å². The summed E-state index contributed by atoms with van der Waals surface area (Å²) in [6, 6.07) is 9.42. The Balaban J connectivity index is 2.46. The number of H-pyrrole nitrogens is 1. The molecule has 1 aromatic heterocycles. The van der Waals surface area contributed by atoms with Gasteiger partial charge in [0.15, 0.2) is 5.69 Å². The largest absolute Gasteiger partial charge is 0.378 e. The summed E-state index contributed by atoms with van der Waals surface area (Å²) in [7, 11) is 1.55. The maximum atomic E-state index is 10.8. The number of hydrogen-bond acceptors (Lipinski definition) is 4. The fraction of sp³-hybridized carbons (Fsp3) is 0.182. The summed E-state index contributed by atoms with van der Waals surface area (Å²) in [6.45, 7) is 0.293. The fourth-order valence-electron chi connectivity index (χ4n) is 1.51. The summed E-state index contributed by atoms with van der Waals surface area (Å²) < 4.78 is 4.95. The number of aromatic nitrogens is 2. The number of hydrogen-bond donors (Lipinski definition) is 1. The maximum Gasteiger partial charge on any atom is 0.159 e. The van der Waals surface area contributed by atoms with Crippen LogP contribution < -0.4 is 0 Å². The van der Waals surface area contributed by atoms with E-state index in [4.69, 9.17) is 4.74 Å². The zero-order chi connectivity index (χ0) is 11.4. The van der Waals surface area contributed by atoms with E-state index in [0.717, 1.165) is 5.56 Å². The van der Waals surface area contributed by atoms with Gasteiger partial charge in [-0.1, -0.05) is 30.3 Å². The van der Waals surface area contributed by atoms with Gasteiger partial charge in [0.25, 0.3) is 0 Å². The van der Waals surface area contributed by atoms with Gasteiger partial charge in [-0.25, -0.2) is 0 Å². The highest BCUT2D eigenvalue weighted by atomic mass is 16.5. The summed E-state index contributed by atoms with van der Waals surface area (Å²) in [5.74, 6) is 0. The average molecular weight is 217 g/mol.